The first kappa shape index (κ1) is 14.8. The highest BCUT2D eigenvalue weighted by molar-refractivity contribution is 7.21. The van der Waals surface area contributed by atoms with Crippen LogP contribution in [0, 0.1) is 13.8 Å². The van der Waals surface area contributed by atoms with Crippen LogP contribution in [0.15, 0.2) is 60.9 Å². The first-order valence-corrected chi connectivity index (χ1v) is 8.67. The van der Waals surface area contributed by atoms with Crippen LogP contribution in [0.3, 0.4) is 0 Å². The number of nitrogens with zero attached hydrogens (tertiary/aromatic N) is 2. The highest BCUT2D eigenvalue weighted by Crippen LogP contribution is 2.36. The first-order chi connectivity index (χ1) is 11.7. The maximum Gasteiger partial charge on any atom is 0.142 e. The molecule has 24 heavy (non-hydrogen) atoms. The Morgan fingerprint density at radius 2 is 1.62 bits per heavy atom. The largest absolute Gasteiger partial charge is 0.339 e. The van der Waals surface area contributed by atoms with Crippen LogP contribution in [-0.2, 0) is 0 Å². The highest BCUT2D eigenvalue weighted by atomic mass is 32.1. The van der Waals surface area contributed by atoms with Crippen molar-refractivity contribution >= 4 is 33.1 Å². The Labute approximate surface area is 145 Å². The summed E-state index contributed by atoms with van der Waals surface area (Å²) in [7, 11) is 0. The lowest BCUT2D eigenvalue weighted by atomic mass is 10.1. The van der Waals surface area contributed by atoms with Gasteiger partial charge in [-0.15, -0.1) is 11.3 Å². The van der Waals surface area contributed by atoms with Crippen molar-refractivity contribution in [3.63, 3.8) is 0 Å². The molecule has 0 unspecified atom stereocenters. The fraction of sp³-hybridized carbons (Fsp3) is 0.100. The van der Waals surface area contributed by atoms with Gasteiger partial charge >= 0.3 is 0 Å². The summed E-state index contributed by atoms with van der Waals surface area (Å²) in [5, 5.41) is 4.56. The van der Waals surface area contributed by atoms with Gasteiger partial charge in [0.15, 0.2) is 0 Å². The van der Waals surface area contributed by atoms with E-state index < -0.39 is 0 Å². The Morgan fingerprint density at radius 1 is 0.875 bits per heavy atom. The molecule has 0 bridgehead atoms. The fourth-order valence-corrected chi connectivity index (χ4v) is 3.83. The third-order valence-electron chi connectivity index (χ3n) is 4.11. The van der Waals surface area contributed by atoms with E-state index in [1.54, 1.807) is 17.7 Å². The van der Waals surface area contributed by atoms with Crippen LogP contribution in [0.2, 0.25) is 0 Å². The maximum absolute atomic E-state index is 4.48. The zero-order chi connectivity index (χ0) is 16.5. The molecule has 0 aliphatic carbocycles. The van der Waals surface area contributed by atoms with Crippen molar-refractivity contribution in [1.82, 2.24) is 9.97 Å². The van der Waals surface area contributed by atoms with Gasteiger partial charge in [0.1, 0.15) is 17.0 Å². The average molecular weight is 331 g/mol. The van der Waals surface area contributed by atoms with Crippen LogP contribution in [0.5, 0.6) is 0 Å². The van der Waals surface area contributed by atoms with Crippen molar-refractivity contribution in [2.45, 2.75) is 13.8 Å². The van der Waals surface area contributed by atoms with Gasteiger partial charge in [-0.2, -0.15) is 0 Å². The maximum atomic E-state index is 4.48. The summed E-state index contributed by atoms with van der Waals surface area (Å²) in [5.41, 5.74) is 4.74. The molecule has 2 aromatic heterocycles. The van der Waals surface area contributed by atoms with Crippen molar-refractivity contribution in [3.8, 4) is 10.4 Å². The molecule has 0 saturated heterocycles. The lowest BCUT2D eigenvalue weighted by Crippen LogP contribution is -1.98. The fourth-order valence-electron chi connectivity index (χ4n) is 2.83. The third-order valence-corrected chi connectivity index (χ3v) is 5.20. The van der Waals surface area contributed by atoms with Gasteiger partial charge in [-0.05, 0) is 36.6 Å². The van der Waals surface area contributed by atoms with Crippen molar-refractivity contribution in [2.24, 2.45) is 0 Å². The zero-order valence-corrected chi connectivity index (χ0v) is 14.4. The molecular weight excluding hydrogens is 314 g/mol. The molecule has 0 atom stereocenters. The molecule has 0 amide bonds. The van der Waals surface area contributed by atoms with E-state index in [2.05, 4.69) is 77.7 Å². The van der Waals surface area contributed by atoms with Gasteiger partial charge in [0.2, 0.25) is 0 Å². The minimum Gasteiger partial charge on any atom is -0.339 e. The summed E-state index contributed by atoms with van der Waals surface area (Å²) >= 11 is 1.69. The van der Waals surface area contributed by atoms with Crippen LogP contribution in [0.4, 0.5) is 11.5 Å². The summed E-state index contributed by atoms with van der Waals surface area (Å²) in [6.07, 6.45) is 1.63. The van der Waals surface area contributed by atoms with E-state index in [0.29, 0.717) is 0 Å². The van der Waals surface area contributed by atoms with Crippen molar-refractivity contribution in [3.05, 3.63) is 72.1 Å². The van der Waals surface area contributed by atoms with Gasteiger partial charge in [-0.3, -0.25) is 0 Å². The number of fused-ring (bicyclic) bond motifs is 1. The molecule has 118 valence electrons. The molecule has 4 aromatic rings. The van der Waals surface area contributed by atoms with Gasteiger partial charge in [0.25, 0.3) is 0 Å². The van der Waals surface area contributed by atoms with E-state index in [9.17, 15) is 0 Å². The average Bonchev–Trinajstić information content (AvgIpc) is 3.04. The van der Waals surface area contributed by atoms with E-state index in [1.165, 1.54) is 21.6 Å². The second-order valence-electron chi connectivity index (χ2n) is 5.81. The molecule has 0 fully saturated rings. The van der Waals surface area contributed by atoms with E-state index in [4.69, 9.17) is 0 Å². The van der Waals surface area contributed by atoms with Crippen LogP contribution < -0.4 is 5.32 Å². The van der Waals surface area contributed by atoms with E-state index in [0.717, 1.165) is 21.7 Å². The minimum atomic E-state index is 0.857. The Balaban J connectivity index is 1.81. The number of benzene rings is 2. The number of nitrogens with one attached hydrogen (secondary N) is 1. The molecule has 2 heterocycles. The third kappa shape index (κ3) is 2.65. The predicted molar refractivity (Wildman–Crippen MR) is 102 cm³/mol. The van der Waals surface area contributed by atoms with Gasteiger partial charge in [-0.25, -0.2) is 9.97 Å². The quantitative estimate of drug-likeness (QED) is 0.522. The SMILES string of the molecule is Cc1cccc(C)c1Nc1ncnc2sc(-c3ccccc3)cc12. The molecular formula is C20H17N3S. The predicted octanol–water partition coefficient (Wildman–Crippen LogP) is 5.72. The molecule has 4 rings (SSSR count). The van der Waals surface area contributed by atoms with Crippen molar-refractivity contribution in [2.75, 3.05) is 5.32 Å². The standard InChI is InChI=1S/C20H17N3S/c1-13-7-6-8-14(2)18(13)23-19-16-11-17(15-9-4-3-5-10-15)24-20(16)22-12-21-19/h3-12H,1-2H3,(H,21,22,23). The lowest BCUT2D eigenvalue weighted by Gasteiger charge is -2.12. The summed E-state index contributed by atoms with van der Waals surface area (Å²) in [4.78, 5) is 11.1. The van der Waals surface area contributed by atoms with Crippen LogP contribution in [-0.4, -0.2) is 9.97 Å². The molecule has 4 heteroatoms. The first-order valence-electron chi connectivity index (χ1n) is 7.85. The second kappa shape index (κ2) is 6.06. The normalized spacial score (nSPS) is 10.9. The molecule has 0 saturated carbocycles. The van der Waals surface area contributed by atoms with Crippen molar-refractivity contribution < 1.29 is 0 Å². The number of aromatic nitrogens is 2. The second-order valence-corrected chi connectivity index (χ2v) is 6.84. The number of hydrogen-bond donors (Lipinski definition) is 1. The molecule has 2 aromatic carbocycles. The topological polar surface area (TPSA) is 37.8 Å². The summed E-state index contributed by atoms with van der Waals surface area (Å²) < 4.78 is 0. The summed E-state index contributed by atoms with van der Waals surface area (Å²) in [5.74, 6) is 0.857. The van der Waals surface area contributed by atoms with E-state index in [1.807, 2.05) is 6.07 Å². The van der Waals surface area contributed by atoms with Gasteiger partial charge in [0.05, 0.1) is 5.39 Å². The van der Waals surface area contributed by atoms with Gasteiger partial charge in [0, 0.05) is 10.6 Å². The van der Waals surface area contributed by atoms with Gasteiger partial charge < -0.3 is 5.32 Å². The number of hydrogen-bond acceptors (Lipinski definition) is 4. The van der Waals surface area contributed by atoms with Crippen LogP contribution >= 0.6 is 11.3 Å². The molecule has 0 radical (unpaired) electrons. The molecule has 0 aliphatic heterocycles. The smallest absolute Gasteiger partial charge is 0.142 e. The van der Waals surface area contributed by atoms with E-state index >= 15 is 0 Å². The Morgan fingerprint density at radius 3 is 2.38 bits per heavy atom. The molecule has 0 spiro atoms. The number of thiophene rings is 1. The van der Waals surface area contributed by atoms with Crippen LogP contribution in [0.25, 0.3) is 20.7 Å². The number of anilines is 2. The molecule has 1 N–H and O–H groups in total. The molecule has 3 nitrogen and oxygen atoms in total. The number of para-hydroxylation sites is 1. The van der Waals surface area contributed by atoms with Crippen molar-refractivity contribution in [1.29, 1.82) is 0 Å². The van der Waals surface area contributed by atoms with Gasteiger partial charge in [-0.1, -0.05) is 48.5 Å². The highest BCUT2D eigenvalue weighted by Gasteiger charge is 2.11. The Kier molecular flexibility index (Phi) is 3.75. The summed E-state index contributed by atoms with van der Waals surface area (Å²) in [6, 6.07) is 18.8. The lowest BCUT2D eigenvalue weighted by molar-refractivity contribution is 1.22. The minimum absolute atomic E-state index is 0.857. The Bertz CT molecular complexity index is 986. The van der Waals surface area contributed by atoms with E-state index in [-0.39, 0.29) is 0 Å². The number of rotatable bonds is 3. The Hall–Kier alpha value is -2.72. The monoisotopic (exact) mass is 331 g/mol. The summed E-state index contributed by atoms with van der Waals surface area (Å²) in [6.45, 7) is 4.22. The van der Waals surface area contributed by atoms with Crippen LogP contribution in [0.1, 0.15) is 11.1 Å². The zero-order valence-electron chi connectivity index (χ0n) is 13.6. The number of aryl methyl sites for hydroxylation is 2. The molecule has 0 aliphatic rings.